The highest BCUT2D eigenvalue weighted by Crippen LogP contribution is 2.22. The Balaban J connectivity index is 3.35. The van der Waals surface area contributed by atoms with Gasteiger partial charge in [-0.2, -0.15) is 0 Å². The third kappa shape index (κ3) is 5.62. The summed E-state index contributed by atoms with van der Waals surface area (Å²) in [5.41, 5.74) is 0. The smallest absolute Gasteiger partial charge is 0.0417 e. The first-order valence-corrected chi connectivity index (χ1v) is 5.72. The molecule has 0 amide bonds. The minimum atomic E-state index is 0.937. The molecule has 0 bridgehead atoms. The van der Waals surface area contributed by atoms with E-state index in [1.165, 1.54) is 38.5 Å². The molecule has 0 saturated carbocycles. The fourth-order valence-corrected chi connectivity index (χ4v) is 1.74. The van der Waals surface area contributed by atoms with Crippen molar-refractivity contribution in [3.63, 3.8) is 0 Å². The molecule has 0 heterocycles. The van der Waals surface area contributed by atoms with Crippen LogP contribution in [0.3, 0.4) is 0 Å². The van der Waals surface area contributed by atoms with E-state index in [1.807, 2.05) is 0 Å². The molecule has 0 heteroatoms. The van der Waals surface area contributed by atoms with Crippen molar-refractivity contribution in [1.29, 1.82) is 0 Å². The van der Waals surface area contributed by atoms with Crippen molar-refractivity contribution >= 4 is 0 Å². The van der Waals surface area contributed by atoms with Crippen LogP contribution < -0.4 is 0 Å². The van der Waals surface area contributed by atoms with E-state index in [4.69, 9.17) is 0 Å². The van der Waals surface area contributed by atoms with Gasteiger partial charge in [-0.15, -0.1) is 0 Å². The normalized spacial score (nSPS) is 16.0. The van der Waals surface area contributed by atoms with Crippen LogP contribution >= 0.6 is 0 Å². The maximum Gasteiger partial charge on any atom is -0.0417 e. The molecule has 0 nitrogen and oxygen atoms in total. The minimum Gasteiger partial charge on any atom is -0.0654 e. The summed E-state index contributed by atoms with van der Waals surface area (Å²) in [4.78, 5) is 0. The van der Waals surface area contributed by atoms with Gasteiger partial charge in [0.2, 0.25) is 0 Å². The molecule has 0 spiro atoms. The lowest BCUT2D eigenvalue weighted by Crippen LogP contribution is -2.07. The fraction of sp³-hybridized carbons (Fsp3) is 1.00. The summed E-state index contributed by atoms with van der Waals surface area (Å²) >= 11 is 0. The van der Waals surface area contributed by atoms with Crippen molar-refractivity contribution in [2.24, 2.45) is 11.8 Å². The summed E-state index contributed by atoms with van der Waals surface area (Å²) in [6, 6.07) is 0. The van der Waals surface area contributed by atoms with Crippen LogP contribution in [0.15, 0.2) is 0 Å². The van der Waals surface area contributed by atoms with Crippen molar-refractivity contribution in [3.8, 4) is 0 Å². The van der Waals surface area contributed by atoms with Gasteiger partial charge in [-0.1, -0.05) is 66.2 Å². The zero-order valence-corrected chi connectivity index (χ0v) is 9.40. The van der Waals surface area contributed by atoms with Crippen molar-refractivity contribution < 1.29 is 0 Å². The van der Waals surface area contributed by atoms with Crippen LogP contribution in [0.1, 0.15) is 66.2 Å². The largest absolute Gasteiger partial charge is 0.0654 e. The van der Waals surface area contributed by atoms with Gasteiger partial charge in [0.1, 0.15) is 0 Å². The molecule has 0 aliphatic heterocycles. The Hall–Kier alpha value is 0. The van der Waals surface area contributed by atoms with Gasteiger partial charge in [0.15, 0.2) is 0 Å². The molecule has 0 aromatic heterocycles. The average Bonchev–Trinajstić information content (AvgIpc) is 2.05. The first-order valence-electron chi connectivity index (χ1n) is 5.72. The lowest BCUT2D eigenvalue weighted by molar-refractivity contribution is 0.331. The summed E-state index contributed by atoms with van der Waals surface area (Å²) < 4.78 is 0. The van der Waals surface area contributed by atoms with E-state index in [-0.39, 0.29) is 0 Å². The lowest BCUT2D eigenvalue weighted by atomic mass is 9.88. The van der Waals surface area contributed by atoms with Crippen molar-refractivity contribution in [2.75, 3.05) is 0 Å². The molecule has 74 valence electrons. The van der Waals surface area contributed by atoms with Crippen LogP contribution in [0.2, 0.25) is 0 Å². The third-order valence-electron chi connectivity index (χ3n) is 2.98. The van der Waals surface area contributed by atoms with Gasteiger partial charge in [0.05, 0.1) is 0 Å². The lowest BCUT2D eigenvalue weighted by Gasteiger charge is -2.18. The molecule has 0 aliphatic rings. The predicted octanol–water partition coefficient (Wildman–Crippen LogP) is 4.64. The van der Waals surface area contributed by atoms with E-state index in [0.717, 1.165) is 11.8 Å². The first-order chi connectivity index (χ1) is 5.72. The molecule has 0 aromatic rings. The van der Waals surface area contributed by atoms with Gasteiger partial charge in [-0.25, -0.2) is 0 Å². The summed E-state index contributed by atoms with van der Waals surface area (Å²) in [5, 5.41) is 0. The molecule has 12 heavy (non-hydrogen) atoms. The SMILES string of the molecule is CCCCCC(C)C(C)CCC. The Labute approximate surface area is 78.8 Å². The molecule has 0 rings (SSSR count). The predicted molar refractivity (Wildman–Crippen MR) is 57.4 cm³/mol. The van der Waals surface area contributed by atoms with E-state index >= 15 is 0 Å². The minimum absolute atomic E-state index is 0.937. The zero-order chi connectivity index (χ0) is 9.40. The van der Waals surface area contributed by atoms with E-state index in [1.54, 1.807) is 0 Å². The van der Waals surface area contributed by atoms with Gasteiger partial charge in [0.25, 0.3) is 0 Å². The second-order valence-electron chi connectivity index (χ2n) is 4.24. The summed E-state index contributed by atoms with van der Waals surface area (Å²) in [5.74, 6) is 1.88. The molecule has 0 aromatic carbocycles. The zero-order valence-electron chi connectivity index (χ0n) is 9.40. The molecular formula is C12H26. The molecular weight excluding hydrogens is 144 g/mol. The van der Waals surface area contributed by atoms with Crippen LogP contribution in [-0.4, -0.2) is 0 Å². The highest BCUT2D eigenvalue weighted by Gasteiger charge is 2.09. The Bertz CT molecular complexity index is 86.0. The Morgan fingerprint density at radius 1 is 0.750 bits per heavy atom. The average molecular weight is 170 g/mol. The third-order valence-corrected chi connectivity index (χ3v) is 2.98. The molecule has 2 unspecified atom stereocenters. The highest BCUT2D eigenvalue weighted by atomic mass is 14.2. The molecule has 2 atom stereocenters. The summed E-state index contributed by atoms with van der Waals surface area (Å²) in [7, 11) is 0. The number of rotatable bonds is 7. The van der Waals surface area contributed by atoms with E-state index in [0.29, 0.717) is 0 Å². The first kappa shape index (κ1) is 12.0. The molecule has 0 saturated heterocycles. The van der Waals surface area contributed by atoms with Crippen LogP contribution in [0, 0.1) is 11.8 Å². The maximum absolute atomic E-state index is 2.41. The molecule has 0 fully saturated rings. The van der Waals surface area contributed by atoms with Crippen molar-refractivity contribution in [2.45, 2.75) is 66.2 Å². The van der Waals surface area contributed by atoms with Gasteiger partial charge in [0, 0.05) is 0 Å². The highest BCUT2D eigenvalue weighted by molar-refractivity contribution is 4.61. The fourth-order valence-electron chi connectivity index (χ4n) is 1.74. The topological polar surface area (TPSA) is 0 Å². The Morgan fingerprint density at radius 3 is 1.83 bits per heavy atom. The van der Waals surface area contributed by atoms with E-state index in [9.17, 15) is 0 Å². The summed E-state index contributed by atoms with van der Waals surface area (Å²) in [6.07, 6.45) is 8.41. The van der Waals surface area contributed by atoms with Gasteiger partial charge >= 0.3 is 0 Å². The molecule has 0 N–H and O–H groups in total. The van der Waals surface area contributed by atoms with Gasteiger partial charge in [-0.3, -0.25) is 0 Å². The second-order valence-corrected chi connectivity index (χ2v) is 4.24. The standard InChI is InChI=1S/C12H26/c1-5-7-8-10-12(4)11(3)9-6-2/h11-12H,5-10H2,1-4H3. The monoisotopic (exact) mass is 170 g/mol. The number of hydrogen-bond acceptors (Lipinski definition) is 0. The van der Waals surface area contributed by atoms with Crippen LogP contribution in [0.4, 0.5) is 0 Å². The van der Waals surface area contributed by atoms with E-state index < -0.39 is 0 Å². The number of hydrogen-bond donors (Lipinski definition) is 0. The van der Waals surface area contributed by atoms with Gasteiger partial charge < -0.3 is 0 Å². The van der Waals surface area contributed by atoms with Crippen LogP contribution in [0.25, 0.3) is 0 Å². The van der Waals surface area contributed by atoms with Crippen molar-refractivity contribution in [1.82, 2.24) is 0 Å². The van der Waals surface area contributed by atoms with Gasteiger partial charge in [-0.05, 0) is 11.8 Å². The molecule has 0 aliphatic carbocycles. The van der Waals surface area contributed by atoms with Crippen molar-refractivity contribution in [3.05, 3.63) is 0 Å². The van der Waals surface area contributed by atoms with Crippen LogP contribution in [0.5, 0.6) is 0 Å². The molecule has 0 radical (unpaired) electrons. The second kappa shape index (κ2) is 7.64. The number of unbranched alkanes of at least 4 members (excludes halogenated alkanes) is 2. The van der Waals surface area contributed by atoms with Crippen LogP contribution in [-0.2, 0) is 0 Å². The quantitative estimate of drug-likeness (QED) is 0.488. The van der Waals surface area contributed by atoms with E-state index in [2.05, 4.69) is 27.7 Å². The summed E-state index contributed by atoms with van der Waals surface area (Å²) in [6.45, 7) is 9.38. The Morgan fingerprint density at radius 2 is 1.33 bits per heavy atom. The Kier molecular flexibility index (Phi) is 7.64. The maximum atomic E-state index is 2.41.